The van der Waals surface area contributed by atoms with Gasteiger partial charge in [-0.05, 0) is 67.4 Å². The highest BCUT2D eigenvalue weighted by Gasteiger charge is 2.17. The lowest BCUT2D eigenvalue weighted by Gasteiger charge is -2.19. The fourth-order valence-electron chi connectivity index (χ4n) is 3.13. The van der Waals surface area contributed by atoms with Crippen molar-refractivity contribution < 1.29 is 17.9 Å². The molecule has 0 aliphatic rings. The first kappa shape index (κ1) is 22.4. The van der Waals surface area contributed by atoms with Gasteiger partial charge < -0.3 is 9.64 Å². The van der Waals surface area contributed by atoms with Crippen LogP contribution in [0.5, 0.6) is 5.75 Å². The summed E-state index contributed by atoms with van der Waals surface area (Å²) in [6, 6.07) is 19.1. The van der Waals surface area contributed by atoms with Crippen LogP contribution < -0.4 is 9.46 Å². The Balaban J connectivity index is 1.73. The fourth-order valence-corrected chi connectivity index (χ4v) is 4.26. The Morgan fingerprint density at radius 1 is 0.968 bits per heavy atom. The van der Waals surface area contributed by atoms with Gasteiger partial charge in [0.1, 0.15) is 5.75 Å². The predicted octanol–water partition coefficient (Wildman–Crippen LogP) is 4.39. The largest absolute Gasteiger partial charge is 0.497 e. The molecule has 0 saturated heterocycles. The summed E-state index contributed by atoms with van der Waals surface area (Å²) < 4.78 is 33.0. The van der Waals surface area contributed by atoms with Gasteiger partial charge in [-0.2, -0.15) is 0 Å². The Morgan fingerprint density at radius 3 is 2.19 bits per heavy atom. The van der Waals surface area contributed by atoms with E-state index in [9.17, 15) is 13.2 Å². The summed E-state index contributed by atoms with van der Waals surface area (Å²) >= 11 is 0. The van der Waals surface area contributed by atoms with Crippen molar-refractivity contribution in [1.82, 2.24) is 4.90 Å². The van der Waals surface area contributed by atoms with Crippen molar-refractivity contribution in [3.8, 4) is 5.75 Å². The van der Waals surface area contributed by atoms with E-state index in [1.807, 2.05) is 31.2 Å². The van der Waals surface area contributed by atoms with E-state index >= 15 is 0 Å². The van der Waals surface area contributed by atoms with Crippen LogP contribution in [0.3, 0.4) is 0 Å². The number of methoxy groups -OCH3 is 1. The molecule has 0 saturated carbocycles. The molecule has 0 radical (unpaired) electrons. The summed E-state index contributed by atoms with van der Waals surface area (Å²) in [5.41, 5.74) is 3.56. The minimum absolute atomic E-state index is 0.146. The van der Waals surface area contributed by atoms with E-state index in [1.54, 1.807) is 68.4 Å². The number of aryl methyl sites for hydroxylation is 2. The number of rotatable bonds is 7. The molecule has 31 heavy (non-hydrogen) atoms. The Bertz CT molecular complexity index is 1170. The van der Waals surface area contributed by atoms with Crippen LogP contribution in [0.15, 0.2) is 71.6 Å². The van der Waals surface area contributed by atoms with Gasteiger partial charge in [-0.25, -0.2) is 8.42 Å². The van der Waals surface area contributed by atoms with Gasteiger partial charge in [-0.15, -0.1) is 0 Å². The fraction of sp³-hybridized carbons (Fsp3) is 0.208. The second-order valence-corrected chi connectivity index (χ2v) is 9.14. The van der Waals surface area contributed by atoms with Crippen LogP contribution in [-0.2, 0) is 16.6 Å². The van der Waals surface area contributed by atoms with Crippen LogP contribution >= 0.6 is 0 Å². The number of amides is 1. The molecule has 0 bridgehead atoms. The lowest BCUT2D eigenvalue weighted by Crippen LogP contribution is -2.26. The summed E-state index contributed by atoms with van der Waals surface area (Å²) in [5.74, 6) is 0.615. The van der Waals surface area contributed by atoms with E-state index in [0.717, 1.165) is 16.9 Å². The SMILES string of the molecule is COc1ccc(CN(C)C(=O)c2ccc(NS(=O)(=O)c3ccc(C)cc3)c(C)c2)cc1. The summed E-state index contributed by atoms with van der Waals surface area (Å²) in [6.07, 6.45) is 0. The third kappa shape index (κ3) is 5.44. The first-order valence-corrected chi connectivity index (χ1v) is 11.3. The van der Waals surface area contributed by atoms with Crippen molar-refractivity contribution in [1.29, 1.82) is 0 Å². The second kappa shape index (κ2) is 9.22. The van der Waals surface area contributed by atoms with Gasteiger partial charge in [-0.3, -0.25) is 9.52 Å². The van der Waals surface area contributed by atoms with E-state index in [4.69, 9.17) is 4.74 Å². The number of hydrogen-bond donors (Lipinski definition) is 1. The molecule has 0 aliphatic carbocycles. The van der Waals surface area contributed by atoms with Crippen LogP contribution in [0.1, 0.15) is 27.0 Å². The Hall–Kier alpha value is -3.32. The van der Waals surface area contributed by atoms with Gasteiger partial charge in [-0.1, -0.05) is 29.8 Å². The molecule has 3 aromatic carbocycles. The van der Waals surface area contributed by atoms with E-state index in [0.29, 0.717) is 23.4 Å². The van der Waals surface area contributed by atoms with Crippen LogP contribution in [0, 0.1) is 13.8 Å². The Kier molecular flexibility index (Phi) is 6.65. The average molecular weight is 439 g/mol. The highest BCUT2D eigenvalue weighted by Crippen LogP contribution is 2.22. The minimum Gasteiger partial charge on any atom is -0.497 e. The minimum atomic E-state index is -3.70. The lowest BCUT2D eigenvalue weighted by atomic mass is 10.1. The van der Waals surface area contributed by atoms with Crippen molar-refractivity contribution in [3.05, 3.63) is 89.0 Å². The molecule has 162 valence electrons. The van der Waals surface area contributed by atoms with Gasteiger partial charge in [0.05, 0.1) is 17.7 Å². The van der Waals surface area contributed by atoms with Gasteiger partial charge in [0.2, 0.25) is 0 Å². The van der Waals surface area contributed by atoms with Crippen LogP contribution in [0.2, 0.25) is 0 Å². The van der Waals surface area contributed by atoms with Gasteiger partial charge >= 0.3 is 0 Å². The molecule has 0 fully saturated rings. The third-order valence-corrected chi connectivity index (χ3v) is 6.36. The molecule has 1 amide bonds. The maximum absolute atomic E-state index is 12.8. The number of nitrogens with zero attached hydrogens (tertiary/aromatic N) is 1. The maximum Gasteiger partial charge on any atom is 0.261 e. The zero-order valence-electron chi connectivity index (χ0n) is 18.0. The van der Waals surface area contributed by atoms with E-state index in [-0.39, 0.29) is 10.8 Å². The molecule has 0 unspecified atom stereocenters. The Morgan fingerprint density at radius 2 is 1.61 bits per heavy atom. The molecule has 0 atom stereocenters. The molecule has 3 aromatic rings. The highest BCUT2D eigenvalue weighted by molar-refractivity contribution is 7.92. The van der Waals surface area contributed by atoms with E-state index in [2.05, 4.69) is 4.72 Å². The van der Waals surface area contributed by atoms with Crippen molar-refractivity contribution in [2.45, 2.75) is 25.3 Å². The molecule has 6 nitrogen and oxygen atoms in total. The van der Waals surface area contributed by atoms with Gasteiger partial charge in [0.25, 0.3) is 15.9 Å². The van der Waals surface area contributed by atoms with Crippen molar-refractivity contribution >= 4 is 21.6 Å². The molecule has 0 aliphatic heterocycles. The number of carbonyl (C=O) groups excluding carboxylic acids is 1. The van der Waals surface area contributed by atoms with Crippen LogP contribution in [0.4, 0.5) is 5.69 Å². The van der Waals surface area contributed by atoms with Crippen LogP contribution in [0.25, 0.3) is 0 Å². The molecular formula is C24H26N2O4S. The zero-order valence-corrected chi connectivity index (χ0v) is 18.9. The molecule has 7 heteroatoms. The first-order chi connectivity index (χ1) is 14.7. The quantitative estimate of drug-likeness (QED) is 0.594. The normalized spacial score (nSPS) is 11.1. The first-order valence-electron chi connectivity index (χ1n) is 9.78. The standard InChI is InChI=1S/C24H26N2O4S/c1-17-5-12-22(13-6-17)31(28,29)25-23-14-9-20(15-18(23)2)24(27)26(3)16-19-7-10-21(30-4)11-8-19/h5-15,25H,16H2,1-4H3. The molecule has 0 aromatic heterocycles. The summed E-state index contributed by atoms with van der Waals surface area (Å²) in [5, 5.41) is 0. The van der Waals surface area contributed by atoms with E-state index < -0.39 is 10.0 Å². The number of carbonyl (C=O) groups is 1. The van der Waals surface area contributed by atoms with Gasteiger partial charge in [0, 0.05) is 19.2 Å². The Labute approximate surface area is 183 Å². The van der Waals surface area contributed by atoms with E-state index in [1.165, 1.54) is 0 Å². The molecular weight excluding hydrogens is 412 g/mol. The number of hydrogen-bond acceptors (Lipinski definition) is 4. The third-order valence-electron chi connectivity index (χ3n) is 4.97. The molecule has 0 spiro atoms. The molecule has 0 heterocycles. The predicted molar refractivity (Wildman–Crippen MR) is 122 cm³/mol. The summed E-state index contributed by atoms with van der Waals surface area (Å²) in [4.78, 5) is 14.6. The summed E-state index contributed by atoms with van der Waals surface area (Å²) in [7, 11) is -0.363. The second-order valence-electron chi connectivity index (χ2n) is 7.46. The monoisotopic (exact) mass is 438 g/mol. The number of nitrogens with one attached hydrogen (secondary N) is 1. The highest BCUT2D eigenvalue weighted by atomic mass is 32.2. The smallest absolute Gasteiger partial charge is 0.261 e. The number of sulfonamides is 1. The van der Waals surface area contributed by atoms with Crippen molar-refractivity contribution in [2.24, 2.45) is 0 Å². The summed E-state index contributed by atoms with van der Waals surface area (Å²) in [6.45, 7) is 4.12. The zero-order chi connectivity index (χ0) is 22.6. The average Bonchev–Trinajstić information content (AvgIpc) is 2.75. The maximum atomic E-state index is 12.8. The number of benzene rings is 3. The van der Waals surface area contributed by atoms with Gasteiger partial charge in [0.15, 0.2) is 0 Å². The van der Waals surface area contributed by atoms with Crippen LogP contribution in [-0.4, -0.2) is 33.4 Å². The van der Waals surface area contributed by atoms with Crippen molar-refractivity contribution in [3.63, 3.8) is 0 Å². The lowest BCUT2D eigenvalue weighted by molar-refractivity contribution is 0.0785. The number of ether oxygens (including phenoxy) is 1. The topological polar surface area (TPSA) is 75.7 Å². The van der Waals surface area contributed by atoms with Crippen molar-refractivity contribution in [2.75, 3.05) is 18.9 Å². The molecule has 1 N–H and O–H groups in total. The molecule has 3 rings (SSSR count). The number of anilines is 1.